The molecule has 1 saturated heterocycles. The zero-order valence-electron chi connectivity index (χ0n) is 19.8. The largest absolute Gasteiger partial charge is 0.507 e. The Bertz CT molecular complexity index is 1310. The third-order valence-corrected chi connectivity index (χ3v) is 5.98. The molecule has 0 radical (unpaired) electrons. The van der Waals surface area contributed by atoms with Crippen molar-refractivity contribution >= 4 is 29.1 Å². The average Bonchev–Trinajstić information content (AvgIpc) is 3.12. The number of amides is 1. The van der Waals surface area contributed by atoms with Crippen molar-refractivity contribution in [2.45, 2.75) is 33.2 Å². The van der Waals surface area contributed by atoms with E-state index in [-0.39, 0.29) is 23.7 Å². The quantitative estimate of drug-likeness (QED) is 0.248. The number of aromatic nitrogens is 1. The van der Waals surface area contributed by atoms with Gasteiger partial charge in [-0.1, -0.05) is 29.8 Å². The standard InChI is InChI=1S/C28H26N2O5/c1-4-35-23(31)16-19-7-9-21(10-8-19)30-25(20-11-13-29-14-12-20)24(27(33)28(30)34)26(32)22-15-17(2)5-6-18(22)3/h5-15,25,32H,4,16H2,1-3H3/b26-24+. The number of hydrogen-bond acceptors (Lipinski definition) is 6. The maximum atomic E-state index is 13.3. The van der Waals surface area contributed by atoms with Gasteiger partial charge < -0.3 is 9.84 Å². The molecule has 0 spiro atoms. The third-order valence-electron chi connectivity index (χ3n) is 5.98. The molecule has 7 heteroatoms. The van der Waals surface area contributed by atoms with E-state index in [0.717, 1.165) is 16.7 Å². The second-order valence-electron chi connectivity index (χ2n) is 8.42. The first-order chi connectivity index (χ1) is 16.8. The normalized spacial score (nSPS) is 17.0. The molecular weight excluding hydrogens is 444 g/mol. The number of ether oxygens (including phenoxy) is 1. The third kappa shape index (κ3) is 4.71. The van der Waals surface area contributed by atoms with E-state index in [9.17, 15) is 19.5 Å². The fraction of sp³-hybridized carbons (Fsp3) is 0.214. The Hall–Kier alpha value is -4.26. The number of hydrogen-bond donors (Lipinski definition) is 1. The van der Waals surface area contributed by atoms with Crippen LogP contribution < -0.4 is 4.90 Å². The number of benzene rings is 2. The summed E-state index contributed by atoms with van der Waals surface area (Å²) in [6.07, 6.45) is 3.26. The van der Waals surface area contributed by atoms with Crippen LogP contribution in [-0.2, 0) is 25.5 Å². The maximum Gasteiger partial charge on any atom is 0.310 e. The number of esters is 1. The van der Waals surface area contributed by atoms with Crippen LogP contribution in [0.4, 0.5) is 5.69 Å². The fourth-order valence-electron chi connectivity index (χ4n) is 4.25. The Labute approximate surface area is 203 Å². The zero-order chi connectivity index (χ0) is 25.1. The first-order valence-electron chi connectivity index (χ1n) is 11.3. The monoisotopic (exact) mass is 470 g/mol. The van der Waals surface area contributed by atoms with E-state index < -0.39 is 17.7 Å². The molecule has 1 N–H and O–H groups in total. The summed E-state index contributed by atoms with van der Waals surface area (Å²) >= 11 is 0. The Morgan fingerprint density at radius 1 is 1.03 bits per heavy atom. The van der Waals surface area contributed by atoms with Crippen LogP contribution in [0.15, 0.2) is 72.6 Å². The second-order valence-corrected chi connectivity index (χ2v) is 8.42. The van der Waals surface area contributed by atoms with Crippen LogP contribution in [0.25, 0.3) is 5.76 Å². The SMILES string of the molecule is CCOC(=O)Cc1ccc(N2C(=O)C(=O)/C(=C(/O)c3cc(C)ccc3C)C2c2ccncc2)cc1. The molecule has 1 fully saturated rings. The zero-order valence-corrected chi connectivity index (χ0v) is 19.8. The highest BCUT2D eigenvalue weighted by Gasteiger charge is 2.47. The van der Waals surface area contributed by atoms with E-state index in [1.807, 2.05) is 26.0 Å². The number of aryl methyl sites for hydroxylation is 2. The number of Topliss-reactive ketones (excluding diaryl/α,β-unsaturated/α-hetero) is 1. The lowest BCUT2D eigenvalue weighted by atomic mass is 9.93. The molecule has 1 atom stereocenters. The summed E-state index contributed by atoms with van der Waals surface area (Å²) in [7, 11) is 0. The van der Waals surface area contributed by atoms with Gasteiger partial charge in [0.2, 0.25) is 0 Å². The molecule has 178 valence electrons. The first-order valence-corrected chi connectivity index (χ1v) is 11.3. The van der Waals surface area contributed by atoms with E-state index in [1.54, 1.807) is 61.8 Å². The molecule has 4 rings (SSSR count). The molecule has 2 aromatic carbocycles. The molecule has 0 saturated carbocycles. The Morgan fingerprint density at radius 3 is 2.37 bits per heavy atom. The van der Waals surface area contributed by atoms with Gasteiger partial charge in [0.05, 0.1) is 24.6 Å². The Morgan fingerprint density at radius 2 is 1.71 bits per heavy atom. The highest BCUT2D eigenvalue weighted by Crippen LogP contribution is 2.42. The van der Waals surface area contributed by atoms with Gasteiger partial charge >= 0.3 is 5.97 Å². The van der Waals surface area contributed by atoms with Crippen molar-refractivity contribution in [1.82, 2.24) is 4.98 Å². The number of rotatable bonds is 6. The van der Waals surface area contributed by atoms with E-state index in [4.69, 9.17) is 4.74 Å². The minimum Gasteiger partial charge on any atom is -0.507 e. The molecule has 1 unspecified atom stereocenters. The van der Waals surface area contributed by atoms with Crippen molar-refractivity contribution in [3.63, 3.8) is 0 Å². The number of aliphatic hydroxyl groups is 1. The van der Waals surface area contributed by atoms with Gasteiger partial charge in [-0.3, -0.25) is 24.3 Å². The van der Waals surface area contributed by atoms with E-state index in [2.05, 4.69) is 4.98 Å². The summed E-state index contributed by atoms with van der Waals surface area (Å²) in [6, 6.07) is 15.0. The van der Waals surface area contributed by atoms with Gasteiger partial charge in [-0.25, -0.2) is 0 Å². The van der Waals surface area contributed by atoms with Crippen molar-refractivity contribution in [1.29, 1.82) is 0 Å². The highest BCUT2D eigenvalue weighted by atomic mass is 16.5. The molecular formula is C28H26N2O5. The summed E-state index contributed by atoms with van der Waals surface area (Å²) in [6.45, 7) is 5.78. The molecule has 3 aromatic rings. The first kappa shape index (κ1) is 23.9. The predicted molar refractivity (Wildman–Crippen MR) is 132 cm³/mol. The number of anilines is 1. The molecule has 1 amide bonds. The summed E-state index contributed by atoms with van der Waals surface area (Å²) < 4.78 is 4.99. The minimum atomic E-state index is -0.839. The molecule has 1 aromatic heterocycles. The van der Waals surface area contributed by atoms with Crippen molar-refractivity contribution < 1.29 is 24.2 Å². The second kappa shape index (κ2) is 9.93. The van der Waals surface area contributed by atoms with Gasteiger partial charge in [0, 0.05) is 23.6 Å². The van der Waals surface area contributed by atoms with Gasteiger partial charge in [0.15, 0.2) is 0 Å². The van der Waals surface area contributed by atoms with E-state index in [0.29, 0.717) is 23.4 Å². The number of pyridine rings is 1. The summed E-state index contributed by atoms with van der Waals surface area (Å²) in [5.74, 6) is -2.06. The van der Waals surface area contributed by atoms with Crippen LogP contribution in [-0.4, -0.2) is 34.4 Å². The molecule has 1 aliphatic heterocycles. The maximum absolute atomic E-state index is 13.3. The molecule has 1 aliphatic rings. The molecule has 7 nitrogen and oxygen atoms in total. The highest BCUT2D eigenvalue weighted by molar-refractivity contribution is 6.51. The summed E-state index contributed by atoms with van der Waals surface area (Å²) in [4.78, 5) is 43.8. The Kier molecular flexibility index (Phi) is 6.78. The van der Waals surface area contributed by atoms with Crippen molar-refractivity contribution in [2.75, 3.05) is 11.5 Å². The van der Waals surface area contributed by atoms with Gasteiger partial charge in [0.1, 0.15) is 5.76 Å². The van der Waals surface area contributed by atoms with E-state index in [1.165, 1.54) is 4.90 Å². The number of carbonyl (C=O) groups excluding carboxylic acids is 3. The molecule has 2 heterocycles. The smallest absolute Gasteiger partial charge is 0.310 e. The van der Waals surface area contributed by atoms with Gasteiger partial charge in [0.25, 0.3) is 11.7 Å². The van der Waals surface area contributed by atoms with Crippen LogP contribution in [0.5, 0.6) is 0 Å². The van der Waals surface area contributed by atoms with Crippen LogP contribution in [0.3, 0.4) is 0 Å². The van der Waals surface area contributed by atoms with Crippen molar-refractivity contribution in [2.24, 2.45) is 0 Å². The lowest BCUT2D eigenvalue weighted by Gasteiger charge is -2.25. The topological polar surface area (TPSA) is 96.8 Å². The number of carbonyl (C=O) groups is 3. The van der Waals surface area contributed by atoms with Crippen LogP contribution in [0.2, 0.25) is 0 Å². The van der Waals surface area contributed by atoms with Crippen molar-refractivity contribution in [3.8, 4) is 0 Å². The molecule has 0 bridgehead atoms. The summed E-state index contributed by atoms with van der Waals surface area (Å²) in [5.41, 5.74) is 4.07. The Balaban J connectivity index is 1.82. The minimum absolute atomic E-state index is 0.0190. The van der Waals surface area contributed by atoms with Gasteiger partial charge in [-0.05, 0) is 67.8 Å². The van der Waals surface area contributed by atoms with Crippen LogP contribution in [0.1, 0.15) is 40.8 Å². The van der Waals surface area contributed by atoms with Gasteiger partial charge in [-0.15, -0.1) is 0 Å². The average molecular weight is 471 g/mol. The summed E-state index contributed by atoms with van der Waals surface area (Å²) in [5, 5.41) is 11.3. The molecule has 0 aliphatic carbocycles. The number of nitrogens with zero attached hydrogens (tertiary/aromatic N) is 2. The fourth-order valence-corrected chi connectivity index (χ4v) is 4.25. The van der Waals surface area contributed by atoms with E-state index >= 15 is 0 Å². The predicted octanol–water partition coefficient (Wildman–Crippen LogP) is 4.43. The van der Waals surface area contributed by atoms with Crippen molar-refractivity contribution in [3.05, 3.63) is 100 Å². The van der Waals surface area contributed by atoms with Gasteiger partial charge in [-0.2, -0.15) is 0 Å². The lowest BCUT2D eigenvalue weighted by molar-refractivity contribution is -0.142. The van der Waals surface area contributed by atoms with Crippen LogP contribution >= 0.6 is 0 Å². The lowest BCUT2D eigenvalue weighted by Crippen LogP contribution is -2.29. The number of ketones is 1. The number of aliphatic hydroxyl groups excluding tert-OH is 1. The molecule has 35 heavy (non-hydrogen) atoms. The van der Waals surface area contributed by atoms with Crippen LogP contribution in [0, 0.1) is 13.8 Å².